The van der Waals surface area contributed by atoms with E-state index < -0.39 is 29.0 Å². The molecule has 12 heteroatoms. The largest absolute Gasteiger partial charge is 0.433 e. The zero-order valence-corrected chi connectivity index (χ0v) is 18.9. The first-order valence-corrected chi connectivity index (χ1v) is 11.8. The number of halogens is 2. The summed E-state index contributed by atoms with van der Waals surface area (Å²) < 4.78 is 31.4. The molecule has 2 N–H and O–H groups in total. The Morgan fingerprint density at radius 2 is 1.94 bits per heavy atom. The van der Waals surface area contributed by atoms with Gasteiger partial charge in [-0.15, -0.1) is 0 Å². The van der Waals surface area contributed by atoms with Gasteiger partial charge in [0, 0.05) is 12.0 Å². The summed E-state index contributed by atoms with van der Waals surface area (Å²) in [7, 11) is 0. The third kappa shape index (κ3) is 4.54. The van der Waals surface area contributed by atoms with E-state index in [2.05, 4.69) is 25.0 Å². The first-order valence-electron chi connectivity index (χ1n) is 10.9. The highest BCUT2D eigenvalue weighted by Crippen LogP contribution is 2.41. The molecule has 3 aromatic rings. The van der Waals surface area contributed by atoms with Crippen LogP contribution in [-0.4, -0.2) is 37.3 Å². The van der Waals surface area contributed by atoms with E-state index in [0.29, 0.717) is 16.5 Å². The molecule has 0 spiro atoms. The summed E-state index contributed by atoms with van der Waals surface area (Å²) in [6.07, 6.45) is 3.49. The van der Waals surface area contributed by atoms with Crippen LogP contribution in [-0.2, 0) is 4.79 Å². The van der Waals surface area contributed by atoms with Gasteiger partial charge in [-0.25, -0.2) is 14.8 Å². The van der Waals surface area contributed by atoms with Crippen LogP contribution in [0.5, 0.6) is 5.75 Å². The Balaban J connectivity index is 1.48. The van der Waals surface area contributed by atoms with Gasteiger partial charge < -0.3 is 10.1 Å². The maximum absolute atomic E-state index is 12.9. The highest BCUT2D eigenvalue weighted by Gasteiger charge is 2.33. The van der Waals surface area contributed by atoms with Gasteiger partial charge in [0.2, 0.25) is 5.91 Å². The normalized spacial score (nSPS) is 16.6. The van der Waals surface area contributed by atoms with Gasteiger partial charge in [-0.2, -0.15) is 8.78 Å². The minimum absolute atomic E-state index is 0.0151. The van der Waals surface area contributed by atoms with Gasteiger partial charge in [-0.05, 0) is 44.7 Å². The summed E-state index contributed by atoms with van der Waals surface area (Å²) in [5.74, 6) is 0.0735. The zero-order valence-electron chi connectivity index (χ0n) is 18.1. The molecule has 2 heterocycles. The molecule has 34 heavy (non-hydrogen) atoms. The summed E-state index contributed by atoms with van der Waals surface area (Å²) in [4.78, 5) is 49.6. The minimum Gasteiger partial charge on any atom is -0.433 e. The highest BCUT2D eigenvalue weighted by molar-refractivity contribution is 8.00. The molecule has 2 aliphatic rings. The second-order valence-electron chi connectivity index (χ2n) is 8.34. The fourth-order valence-corrected chi connectivity index (χ4v) is 4.59. The molecule has 2 fully saturated rings. The quantitative estimate of drug-likeness (QED) is 0.368. The number of alkyl halides is 2. The van der Waals surface area contributed by atoms with Crippen molar-refractivity contribution in [2.24, 2.45) is 0 Å². The maximum Gasteiger partial charge on any atom is 0.387 e. The molecule has 2 aliphatic carbocycles. The van der Waals surface area contributed by atoms with E-state index in [0.717, 1.165) is 37.4 Å². The number of aromatic amines is 1. The van der Waals surface area contributed by atoms with Crippen LogP contribution in [0.25, 0.3) is 11.0 Å². The van der Waals surface area contributed by atoms with Crippen LogP contribution in [0.1, 0.15) is 50.4 Å². The number of hydrogen-bond acceptors (Lipinski definition) is 7. The van der Waals surface area contributed by atoms with E-state index in [4.69, 9.17) is 0 Å². The lowest BCUT2D eigenvalue weighted by Gasteiger charge is -2.16. The summed E-state index contributed by atoms with van der Waals surface area (Å²) >= 11 is 1.05. The van der Waals surface area contributed by atoms with E-state index in [9.17, 15) is 23.2 Å². The van der Waals surface area contributed by atoms with E-state index in [-0.39, 0.29) is 28.8 Å². The molecule has 2 saturated carbocycles. The molecule has 2 aromatic heterocycles. The SMILES string of the molecule is CC(Sc1nc(C2CC2)nc2c1c(=O)[nH]c(=O)n2C1CC1)C(=O)Nc1ccccc1OC(F)F. The van der Waals surface area contributed by atoms with Gasteiger partial charge in [0.25, 0.3) is 5.56 Å². The molecule has 1 aromatic carbocycles. The van der Waals surface area contributed by atoms with Gasteiger partial charge in [0.15, 0.2) is 5.65 Å². The maximum atomic E-state index is 12.9. The molecular weight excluding hydrogens is 468 g/mol. The van der Waals surface area contributed by atoms with Gasteiger partial charge in [-0.1, -0.05) is 23.9 Å². The third-order valence-corrected chi connectivity index (χ3v) is 6.73. The molecule has 0 aliphatic heterocycles. The standard InChI is InChI=1S/C22H21F2N5O4S/c1-10(18(30)25-13-4-2-3-5-14(13)33-21(23)24)34-20-15-17(26-16(27-20)11-6-7-11)29(12-8-9-12)22(32)28-19(15)31/h2-5,10-12,21H,6-9H2,1H3,(H,25,30)(H,28,31,32). The second kappa shape index (κ2) is 8.82. The van der Waals surface area contributed by atoms with Gasteiger partial charge in [0.1, 0.15) is 22.0 Å². The van der Waals surface area contributed by atoms with Crippen LogP contribution in [0, 0.1) is 0 Å². The summed E-state index contributed by atoms with van der Waals surface area (Å²) in [5, 5.41) is 2.33. The number of carbonyl (C=O) groups is 1. The first-order chi connectivity index (χ1) is 16.3. The number of thioether (sulfide) groups is 1. The van der Waals surface area contributed by atoms with Crippen molar-refractivity contribution in [2.45, 2.75) is 61.5 Å². The van der Waals surface area contributed by atoms with Gasteiger partial charge >= 0.3 is 12.3 Å². The number of H-pyrrole nitrogens is 1. The molecule has 178 valence electrons. The average molecular weight is 490 g/mol. The highest BCUT2D eigenvalue weighted by atomic mass is 32.2. The molecule has 1 atom stereocenters. The monoisotopic (exact) mass is 489 g/mol. The Morgan fingerprint density at radius 3 is 2.62 bits per heavy atom. The number of para-hydroxylation sites is 2. The van der Waals surface area contributed by atoms with Crippen LogP contribution >= 0.6 is 11.8 Å². The van der Waals surface area contributed by atoms with Crippen molar-refractivity contribution < 1.29 is 18.3 Å². The Hall–Kier alpha value is -3.28. The van der Waals surface area contributed by atoms with E-state index >= 15 is 0 Å². The van der Waals surface area contributed by atoms with Crippen molar-refractivity contribution in [1.29, 1.82) is 0 Å². The van der Waals surface area contributed by atoms with Crippen molar-refractivity contribution in [1.82, 2.24) is 19.5 Å². The molecule has 0 saturated heterocycles. The topological polar surface area (TPSA) is 119 Å². The van der Waals surface area contributed by atoms with Gasteiger partial charge in [-0.3, -0.25) is 19.1 Å². The second-order valence-corrected chi connectivity index (χ2v) is 9.67. The Morgan fingerprint density at radius 1 is 1.21 bits per heavy atom. The number of hydrogen-bond donors (Lipinski definition) is 2. The molecule has 5 rings (SSSR count). The zero-order chi connectivity index (χ0) is 24.0. The lowest BCUT2D eigenvalue weighted by atomic mass is 10.3. The van der Waals surface area contributed by atoms with Crippen molar-refractivity contribution in [2.75, 3.05) is 5.32 Å². The van der Waals surface area contributed by atoms with Crippen molar-refractivity contribution in [3.05, 3.63) is 50.9 Å². The lowest BCUT2D eigenvalue weighted by molar-refractivity contribution is -0.115. The number of nitrogens with zero attached hydrogens (tertiary/aromatic N) is 3. The average Bonchev–Trinajstić information content (AvgIpc) is 3.67. The number of fused-ring (bicyclic) bond motifs is 1. The van der Waals surface area contributed by atoms with Crippen molar-refractivity contribution in [3.8, 4) is 5.75 Å². The smallest absolute Gasteiger partial charge is 0.387 e. The first kappa shape index (κ1) is 22.5. The van der Waals surface area contributed by atoms with Crippen molar-refractivity contribution >= 4 is 34.4 Å². The number of rotatable bonds is 8. The van der Waals surface area contributed by atoms with E-state index in [1.807, 2.05) is 0 Å². The van der Waals surface area contributed by atoms with E-state index in [1.54, 1.807) is 13.0 Å². The number of carbonyl (C=O) groups excluding carboxylic acids is 1. The van der Waals surface area contributed by atoms with E-state index in [1.165, 1.54) is 22.8 Å². The fraction of sp³-hybridized carbons (Fsp3) is 0.409. The fourth-order valence-electron chi connectivity index (χ4n) is 3.64. The summed E-state index contributed by atoms with van der Waals surface area (Å²) in [6.45, 7) is -1.42. The Kier molecular flexibility index (Phi) is 5.84. The lowest BCUT2D eigenvalue weighted by Crippen LogP contribution is -2.31. The molecule has 0 radical (unpaired) electrons. The van der Waals surface area contributed by atoms with Gasteiger partial charge in [0.05, 0.1) is 10.9 Å². The molecule has 1 amide bonds. The van der Waals surface area contributed by atoms with Crippen LogP contribution in [0.2, 0.25) is 0 Å². The van der Waals surface area contributed by atoms with Crippen LogP contribution < -0.4 is 21.3 Å². The summed E-state index contributed by atoms with van der Waals surface area (Å²) in [6, 6.07) is 5.87. The molecular formula is C22H21F2N5O4S. The number of anilines is 1. The third-order valence-electron chi connectivity index (χ3n) is 5.64. The number of ether oxygens (including phenoxy) is 1. The van der Waals surface area contributed by atoms with Crippen molar-refractivity contribution in [3.63, 3.8) is 0 Å². The number of nitrogens with one attached hydrogen (secondary N) is 2. The number of amides is 1. The van der Waals surface area contributed by atoms with Crippen LogP contribution in [0.4, 0.5) is 14.5 Å². The Bertz CT molecular complexity index is 1380. The molecule has 9 nitrogen and oxygen atoms in total. The predicted octanol–water partition coefficient (Wildman–Crippen LogP) is 3.41. The van der Waals surface area contributed by atoms with Crippen LogP contribution in [0.15, 0.2) is 38.9 Å². The van der Waals surface area contributed by atoms with Crippen LogP contribution in [0.3, 0.4) is 0 Å². The molecule has 1 unspecified atom stereocenters. The summed E-state index contributed by atoms with van der Waals surface area (Å²) in [5.41, 5.74) is -0.714. The Labute approximate surface area is 195 Å². The number of aromatic nitrogens is 4. The predicted molar refractivity (Wildman–Crippen MR) is 122 cm³/mol. The minimum atomic E-state index is -3.03. The molecule has 0 bridgehead atoms. The number of benzene rings is 1.